The number of carbonyl (C=O) groups excluding carboxylic acids is 1. The molecule has 0 atom stereocenters. The maximum absolute atomic E-state index is 12.7. The smallest absolute Gasteiger partial charge is 0.262 e. The third-order valence-corrected chi connectivity index (χ3v) is 4.48. The van der Waals surface area contributed by atoms with Gasteiger partial charge < -0.3 is 10.1 Å². The van der Waals surface area contributed by atoms with Gasteiger partial charge in [0.05, 0.1) is 7.11 Å². The molecule has 2 aromatic heterocycles. The molecule has 0 fully saturated rings. The summed E-state index contributed by atoms with van der Waals surface area (Å²) in [5.74, 6) is 0.711. The van der Waals surface area contributed by atoms with Gasteiger partial charge in [0.1, 0.15) is 5.56 Å². The summed E-state index contributed by atoms with van der Waals surface area (Å²) >= 11 is 0. The molecule has 6 nitrogen and oxygen atoms in total. The summed E-state index contributed by atoms with van der Waals surface area (Å²) in [4.78, 5) is 17.3. The third-order valence-electron chi connectivity index (χ3n) is 4.48. The molecule has 6 heteroatoms. The molecule has 0 radical (unpaired) electrons. The molecule has 1 aliphatic carbocycles. The number of hydrogen-bond donors (Lipinski definition) is 1. The molecular weight excluding hydrogens is 304 g/mol. The summed E-state index contributed by atoms with van der Waals surface area (Å²) < 4.78 is 7.21. The molecule has 24 heavy (non-hydrogen) atoms. The average molecular weight is 328 g/mol. The topological polar surface area (TPSA) is 69.0 Å². The van der Waals surface area contributed by atoms with E-state index in [-0.39, 0.29) is 5.91 Å². The molecule has 1 aliphatic rings. The lowest BCUT2D eigenvalue weighted by molar-refractivity contribution is 0.102. The first kappa shape index (κ1) is 16.5. The van der Waals surface area contributed by atoms with Crippen LogP contribution >= 0.6 is 0 Å². The summed E-state index contributed by atoms with van der Waals surface area (Å²) in [7, 11) is 1.55. The number of ether oxygens (including phenoxy) is 1. The Labute approximate surface area is 142 Å². The summed E-state index contributed by atoms with van der Waals surface area (Å²) in [5.41, 5.74) is 3.71. The maximum Gasteiger partial charge on any atom is 0.262 e. The van der Waals surface area contributed by atoms with Crippen LogP contribution in [-0.4, -0.2) is 27.8 Å². The van der Waals surface area contributed by atoms with E-state index in [0.717, 1.165) is 49.2 Å². The lowest BCUT2D eigenvalue weighted by atomic mass is 10.1. The number of aryl methyl sites for hydroxylation is 4. The summed E-state index contributed by atoms with van der Waals surface area (Å²) in [6, 6.07) is 3.80. The summed E-state index contributed by atoms with van der Waals surface area (Å²) in [6.07, 6.45) is 5.41. The van der Waals surface area contributed by atoms with Crippen LogP contribution in [-0.2, 0) is 19.4 Å². The molecule has 0 unspecified atom stereocenters. The van der Waals surface area contributed by atoms with Gasteiger partial charge in [-0.2, -0.15) is 5.10 Å². The number of nitrogens with zero attached hydrogens (tertiary/aromatic N) is 3. The van der Waals surface area contributed by atoms with E-state index in [1.54, 1.807) is 7.11 Å². The zero-order chi connectivity index (χ0) is 17.1. The van der Waals surface area contributed by atoms with Crippen molar-refractivity contribution in [3.8, 4) is 5.88 Å². The van der Waals surface area contributed by atoms with E-state index in [1.165, 1.54) is 6.42 Å². The Balaban J connectivity index is 1.89. The van der Waals surface area contributed by atoms with E-state index in [0.29, 0.717) is 17.3 Å². The van der Waals surface area contributed by atoms with Crippen LogP contribution in [0.4, 0.5) is 5.82 Å². The van der Waals surface area contributed by atoms with Crippen LogP contribution in [0.2, 0.25) is 0 Å². The molecule has 1 N–H and O–H groups in total. The average Bonchev–Trinajstić information content (AvgIpc) is 2.79. The third kappa shape index (κ3) is 3.27. The monoisotopic (exact) mass is 328 g/mol. The minimum absolute atomic E-state index is 0.229. The van der Waals surface area contributed by atoms with Crippen molar-refractivity contribution in [3.63, 3.8) is 0 Å². The van der Waals surface area contributed by atoms with E-state index < -0.39 is 0 Å². The Morgan fingerprint density at radius 3 is 2.79 bits per heavy atom. The molecule has 2 aromatic rings. The van der Waals surface area contributed by atoms with Crippen molar-refractivity contribution >= 4 is 11.7 Å². The van der Waals surface area contributed by atoms with Crippen LogP contribution in [0.5, 0.6) is 5.88 Å². The highest BCUT2D eigenvalue weighted by molar-refractivity contribution is 6.05. The van der Waals surface area contributed by atoms with Gasteiger partial charge in [-0.1, -0.05) is 6.42 Å². The second kappa shape index (κ2) is 7.03. The number of methoxy groups -OCH3 is 1. The summed E-state index contributed by atoms with van der Waals surface area (Å²) in [5, 5.41) is 7.24. The van der Waals surface area contributed by atoms with Crippen molar-refractivity contribution in [2.75, 3.05) is 12.4 Å². The van der Waals surface area contributed by atoms with Gasteiger partial charge in [0, 0.05) is 24.0 Å². The SMILES string of the molecule is CCn1nc(NC(=O)c2cc3c(nc2OC)CCCCC3)cc1C. The Hall–Kier alpha value is -2.37. The number of pyridine rings is 1. The zero-order valence-electron chi connectivity index (χ0n) is 14.6. The molecule has 128 valence electrons. The summed E-state index contributed by atoms with van der Waals surface area (Å²) in [6.45, 7) is 4.76. The van der Waals surface area contributed by atoms with E-state index in [1.807, 2.05) is 30.7 Å². The molecule has 2 heterocycles. The molecule has 0 aromatic carbocycles. The standard InChI is InChI=1S/C18H24N4O2/c1-4-22-12(2)10-16(21-22)20-17(23)14-11-13-8-6-5-7-9-15(13)19-18(14)24-3/h10-11H,4-9H2,1-3H3,(H,20,21,23). The molecule has 0 aliphatic heterocycles. The van der Waals surface area contributed by atoms with Gasteiger partial charge >= 0.3 is 0 Å². The Morgan fingerprint density at radius 1 is 1.29 bits per heavy atom. The van der Waals surface area contributed by atoms with E-state index in [9.17, 15) is 4.79 Å². The fourth-order valence-corrected chi connectivity index (χ4v) is 3.18. The number of hydrogen-bond acceptors (Lipinski definition) is 4. The van der Waals surface area contributed by atoms with Crippen LogP contribution in [0.1, 0.15) is 53.5 Å². The zero-order valence-corrected chi connectivity index (χ0v) is 14.6. The lowest BCUT2D eigenvalue weighted by Crippen LogP contribution is -2.16. The van der Waals surface area contributed by atoms with Crippen molar-refractivity contribution in [2.24, 2.45) is 0 Å². The molecule has 0 spiro atoms. The van der Waals surface area contributed by atoms with E-state index in [2.05, 4.69) is 15.4 Å². The highest BCUT2D eigenvalue weighted by atomic mass is 16.5. The van der Waals surface area contributed by atoms with Crippen LogP contribution in [0.3, 0.4) is 0 Å². The Kier molecular flexibility index (Phi) is 4.83. The lowest BCUT2D eigenvalue weighted by Gasteiger charge is -2.12. The van der Waals surface area contributed by atoms with Crippen LogP contribution in [0.15, 0.2) is 12.1 Å². The van der Waals surface area contributed by atoms with Gasteiger partial charge in [0.15, 0.2) is 5.82 Å². The number of anilines is 1. The van der Waals surface area contributed by atoms with E-state index in [4.69, 9.17) is 4.74 Å². The number of aromatic nitrogens is 3. The molecule has 1 amide bonds. The van der Waals surface area contributed by atoms with Crippen molar-refractivity contribution in [1.82, 2.24) is 14.8 Å². The second-order valence-corrected chi connectivity index (χ2v) is 6.15. The fourth-order valence-electron chi connectivity index (χ4n) is 3.18. The highest BCUT2D eigenvalue weighted by Gasteiger charge is 2.20. The number of carbonyl (C=O) groups is 1. The first-order valence-corrected chi connectivity index (χ1v) is 8.55. The predicted octanol–water partition coefficient (Wildman–Crippen LogP) is 3.14. The van der Waals surface area contributed by atoms with Crippen molar-refractivity contribution in [3.05, 3.63) is 34.6 Å². The molecule has 3 rings (SSSR count). The number of nitrogens with one attached hydrogen (secondary N) is 1. The van der Waals surface area contributed by atoms with Gasteiger partial charge in [0.25, 0.3) is 5.91 Å². The first-order valence-electron chi connectivity index (χ1n) is 8.55. The molecule has 0 saturated heterocycles. The minimum atomic E-state index is -0.229. The van der Waals surface area contributed by atoms with Gasteiger partial charge in [-0.3, -0.25) is 9.48 Å². The number of rotatable bonds is 4. The Morgan fingerprint density at radius 2 is 2.08 bits per heavy atom. The van der Waals surface area contributed by atoms with E-state index >= 15 is 0 Å². The molecule has 0 saturated carbocycles. The minimum Gasteiger partial charge on any atom is -0.480 e. The van der Waals surface area contributed by atoms with Gasteiger partial charge in [-0.15, -0.1) is 0 Å². The largest absolute Gasteiger partial charge is 0.480 e. The Bertz CT molecular complexity index is 752. The molecule has 0 bridgehead atoms. The predicted molar refractivity (Wildman–Crippen MR) is 92.6 cm³/mol. The van der Waals surface area contributed by atoms with Crippen molar-refractivity contribution in [1.29, 1.82) is 0 Å². The van der Waals surface area contributed by atoms with Crippen molar-refractivity contribution in [2.45, 2.75) is 52.5 Å². The first-order chi connectivity index (χ1) is 11.6. The van der Waals surface area contributed by atoms with Crippen molar-refractivity contribution < 1.29 is 9.53 Å². The number of fused-ring (bicyclic) bond motifs is 1. The van der Waals surface area contributed by atoms with Gasteiger partial charge in [-0.05, 0) is 51.2 Å². The van der Waals surface area contributed by atoms with Gasteiger partial charge in [-0.25, -0.2) is 4.98 Å². The normalized spacial score (nSPS) is 14.0. The van der Waals surface area contributed by atoms with Crippen LogP contribution < -0.4 is 10.1 Å². The molecular formula is C18H24N4O2. The maximum atomic E-state index is 12.7. The van der Waals surface area contributed by atoms with Crippen LogP contribution in [0.25, 0.3) is 0 Å². The van der Waals surface area contributed by atoms with Gasteiger partial charge in [0.2, 0.25) is 5.88 Å². The quantitative estimate of drug-likeness (QED) is 0.876. The highest BCUT2D eigenvalue weighted by Crippen LogP contribution is 2.26. The van der Waals surface area contributed by atoms with Crippen LogP contribution in [0, 0.1) is 6.92 Å². The number of amides is 1. The fraction of sp³-hybridized carbons (Fsp3) is 0.500. The second-order valence-electron chi connectivity index (χ2n) is 6.15.